The molecule has 140 valence electrons. The molecule has 0 aromatic heterocycles. The summed E-state index contributed by atoms with van der Waals surface area (Å²) in [6.07, 6.45) is 4.50. The first-order valence-electron chi connectivity index (χ1n) is 8.02. The number of rotatable bonds is 7. The van der Waals surface area contributed by atoms with Crippen LogP contribution in [0.3, 0.4) is 0 Å². The minimum absolute atomic E-state index is 0.0874. The van der Waals surface area contributed by atoms with E-state index in [1.807, 2.05) is 24.5 Å². The summed E-state index contributed by atoms with van der Waals surface area (Å²) in [5.74, 6) is -0.757. The number of hydrogen-bond donors (Lipinski definition) is 1. The largest absolute Gasteiger partial charge is 0.333 e. The van der Waals surface area contributed by atoms with Crippen LogP contribution < -0.4 is 5.32 Å². The van der Waals surface area contributed by atoms with Gasteiger partial charge in [0.15, 0.2) is 0 Å². The van der Waals surface area contributed by atoms with Crippen molar-refractivity contribution in [3.05, 3.63) is 70.3 Å². The lowest BCUT2D eigenvalue weighted by Crippen LogP contribution is -2.33. The number of thioether (sulfide) groups is 1. The zero-order valence-corrected chi connectivity index (χ0v) is 15.7. The molecule has 27 heavy (non-hydrogen) atoms. The number of nitro groups is 1. The average Bonchev–Trinajstić information content (AvgIpc) is 2.66. The lowest BCUT2D eigenvalue weighted by Gasteiger charge is -2.15. The van der Waals surface area contributed by atoms with Crippen molar-refractivity contribution in [2.45, 2.75) is 4.90 Å². The molecule has 0 saturated heterocycles. The van der Waals surface area contributed by atoms with Gasteiger partial charge in [0, 0.05) is 24.1 Å². The first kappa shape index (κ1) is 20.2. The number of amides is 2. The van der Waals surface area contributed by atoms with E-state index in [0.29, 0.717) is 11.3 Å². The summed E-state index contributed by atoms with van der Waals surface area (Å²) in [6.45, 7) is -0.136. The molecular weight excluding hydrogens is 366 g/mol. The van der Waals surface area contributed by atoms with Crippen LogP contribution >= 0.6 is 11.8 Å². The highest BCUT2D eigenvalue weighted by Crippen LogP contribution is 2.24. The summed E-state index contributed by atoms with van der Waals surface area (Å²) in [6, 6.07) is 13.5. The smallest absolute Gasteiger partial charge is 0.276 e. The molecule has 1 N–H and O–H groups in total. The fourth-order valence-corrected chi connectivity index (χ4v) is 2.87. The molecule has 2 rings (SSSR count). The van der Waals surface area contributed by atoms with E-state index in [1.165, 1.54) is 41.9 Å². The second-order valence-electron chi connectivity index (χ2n) is 5.59. The van der Waals surface area contributed by atoms with Crippen molar-refractivity contribution in [2.24, 2.45) is 0 Å². The van der Waals surface area contributed by atoms with E-state index >= 15 is 0 Å². The minimum Gasteiger partial charge on any atom is -0.333 e. The minimum atomic E-state index is -0.509. The number of likely N-dealkylation sites (N-methyl/N-ethyl adjacent to an activating group) is 1. The summed E-state index contributed by atoms with van der Waals surface area (Å²) in [7, 11) is 1.49. The van der Waals surface area contributed by atoms with Crippen molar-refractivity contribution in [1.82, 2.24) is 4.90 Å². The zero-order valence-electron chi connectivity index (χ0n) is 14.9. The van der Waals surface area contributed by atoms with Crippen molar-refractivity contribution < 1.29 is 14.5 Å². The van der Waals surface area contributed by atoms with E-state index in [-0.39, 0.29) is 18.1 Å². The molecule has 0 aliphatic carbocycles. The molecule has 2 amide bonds. The molecule has 2 aromatic carbocycles. The van der Waals surface area contributed by atoms with Gasteiger partial charge in [-0.15, -0.1) is 11.8 Å². The standard InChI is InChI=1S/C19H19N3O4S/c1-21(13-18(23)20-15-8-4-6-10-17(15)27-2)19(24)12-11-14-7-3-5-9-16(14)22(25)26/h3-12H,13H2,1-2H3,(H,20,23)/b12-11+. The highest BCUT2D eigenvalue weighted by atomic mass is 32.2. The highest BCUT2D eigenvalue weighted by Gasteiger charge is 2.14. The van der Waals surface area contributed by atoms with Crippen LogP contribution in [-0.2, 0) is 9.59 Å². The van der Waals surface area contributed by atoms with Gasteiger partial charge in [0.05, 0.1) is 22.7 Å². The van der Waals surface area contributed by atoms with E-state index in [1.54, 1.807) is 24.3 Å². The Morgan fingerprint density at radius 2 is 1.85 bits per heavy atom. The molecule has 0 saturated carbocycles. The van der Waals surface area contributed by atoms with Gasteiger partial charge in [0.25, 0.3) is 5.69 Å². The Bertz CT molecular complexity index is 883. The van der Waals surface area contributed by atoms with Crippen molar-refractivity contribution in [2.75, 3.05) is 25.2 Å². The van der Waals surface area contributed by atoms with Crippen LogP contribution in [0.5, 0.6) is 0 Å². The fraction of sp³-hybridized carbons (Fsp3) is 0.158. The summed E-state index contributed by atoms with van der Waals surface area (Å²) in [4.78, 5) is 37.0. The van der Waals surface area contributed by atoms with Crippen LogP contribution in [0.4, 0.5) is 11.4 Å². The van der Waals surface area contributed by atoms with Gasteiger partial charge in [0.2, 0.25) is 11.8 Å². The van der Waals surface area contributed by atoms with E-state index in [0.717, 1.165) is 4.90 Å². The third-order valence-electron chi connectivity index (χ3n) is 3.68. The van der Waals surface area contributed by atoms with Crippen LogP contribution in [-0.4, -0.2) is 41.5 Å². The van der Waals surface area contributed by atoms with Crippen LogP contribution in [0.1, 0.15) is 5.56 Å². The molecule has 0 spiro atoms. The Kier molecular flexibility index (Phi) is 7.13. The topological polar surface area (TPSA) is 92.6 Å². The van der Waals surface area contributed by atoms with Gasteiger partial charge in [-0.3, -0.25) is 19.7 Å². The maximum absolute atomic E-state index is 12.2. The molecule has 0 heterocycles. The third kappa shape index (κ3) is 5.68. The first-order chi connectivity index (χ1) is 12.9. The number of benzene rings is 2. The van der Waals surface area contributed by atoms with Gasteiger partial charge < -0.3 is 10.2 Å². The zero-order chi connectivity index (χ0) is 19.8. The van der Waals surface area contributed by atoms with Gasteiger partial charge in [-0.25, -0.2) is 0 Å². The molecule has 0 radical (unpaired) electrons. The van der Waals surface area contributed by atoms with Crippen molar-refractivity contribution in [3.63, 3.8) is 0 Å². The lowest BCUT2D eigenvalue weighted by molar-refractivity contribution is -0.385. The van der Waals surface area contributed by atoms with Crippen molar-refractivity contribution >= 4 is 41.0 Å². The number of carbonyl (C=O) groups excluding carboxylic acids is 2. The average molecular weight is 385 g/mol. The number of para-hydroxylation sites is 2. The molecule has 0 bridgehead atoms. The van der Waals surface area contributed by atoms with Crippen molar-refractivity contribution in [3.8, 4) is 0 Å². The summed E-state index contributed by atoms with van der Waals surface area (Å²) < 4.78 is 0. The molecule has 0 fully saturated rings. The van der Waals surface area contributed by atoms with Crippen LogP contribution in [0, 0.1) is 10.1 Å². The molecule has 7 nitrogen and oxygen atoms in total. The predicted molar refractivity (Wildman–Crippen MR) is 107 cm³/mol. The van der Waals surface area contributed by atoms with Gasteiger partial charge in [-0.05, 0) is 30.5 Å². The third-order valence-corrected chi connectivity index (χ3v) is 4.47. The monoisotopic (exact) mass is 385 g/mol. The lowest BCUT2D eigenvalue weighted by atomic mass is 10.1. The summed E-state index contributed by atoms with van der Waals surface area (Å²) in [5.41, 5.74) is 0.921. The molecule has 0 atom stereocenters. The molecule has 2 aromatic rings. The van der Waals surface area contributed by atoms with E-state index < -0.39 is 10.8 Å². The number of nitrogens with zero attached hydrogens (tertiary/aromatic N) is 2. The molecular formula is C19H19N3O4S. The summed E-state index contributed by atoms with van der Waals surface area (Å²) in [5, 5.41) is 13.8. The fourth-order valence-electron chi connectivity index (χ4n) is 2.31. The normalized spacial score (nSPS) is 10.6. The quantitative estimate of drug-likeness (QED) is 0.341. The number of carbonyl (C=O) groups is 2. The number of hydrogen-bond acceptors (Lipinski definition) is 5. The van der Waals surface area contributed by atoms with Crippen LogP contribution in [0.25, 0.3) is 6.08 Å². The van der Waals surface area contributed by atoms with E-state index in [9.17, 15) is 19.7 Å². The Labute approximate surface area is 161 Å². The predicted octanol–water partition coefficient (Wildman–Crippen LogP) is 3.43. The number of nitrogens with one attached hydrogen (secondary N) is 1. The maximum atomic E-state index is 12.2. The second kappa shape index (κ2) is 9.54. The van der Waals surface area contributed by atoms with Crippen LogP contribution in [0.2, 0.25) is 0 Å². The van der Waals surface area contributed by atoms with Gasteiger partial charge in [-0.2, -0.15) is 0 Å². The highest BCUT2D eigenvalue weighted by molar-refractivity contribution is 7.98. The Balaban J connectivity index is 1.99. The van der Waals surface area contributed by atoms with Gasteiger partial charge in [-0.1, -0.05) is 24.3 Å². The second-order valence-corrected chi connectivity index (χ2v) is 6.44. The number of nitro benzene ring substituents is 1. The molecule has 0 aliphatic rings. The Hall–Kier alpha value is -3.13. The van der Waals surface area contributed by atoms with E-state index in [4.69, 9.17) is 0 Å². The first-order valence-corrected chi connectivity index (χ1v) is 9.24. The molecule has 0 unspecified atom stereocenters. The maximum Gasteiger partial charge on any atom is 0.276 e. The van der Waals surface area contributed by atoms with Gasteiger partial charge >= 0.3 is 0 Å². The van der Waals surface area contributed by atoms with E-state index in [2.05, 4.69) is 5.32 Å². The van der Waals surface area contributed by atoms with Crippen LogP contribution in [0.15, 0.2) is 59.5 Å². The molecule has 8 heteroatoms. The number of anilines is 1. The van der Waals surface area contributed by atoms with Crippen molar-refractivity contribution in [1.29, 1.82) is 0 Å². The SMILES string of the molecule is CSc1ccccc1NC(=O)CN(C)C(=O)/C=C/c1ccccc1[N+](=O)[O-]. The molecule has 0 aliphatic heterocycles. The Morgan fingerprint density at radius 1 is 1.19 bits per heavy atom. The summed E-state index contributed by atoms with van der Waals surface area (Å²) >= 11 is 1.51. The Morgan fingerprint density at radius 3 is 2.56 bits per heavy atom. The van der Waals surface area contributed by atoms with Gasteiger partial charge in [0.1, 0.15) is 0 Å².